The van der Waals surface area contributed by atoms with E-state index in [0.717, 1.165) is 5.56 Å². The Kier molecular flexibility index (Phi) is 4.79. The third kappa shape index (κ3) is 4.14. The Morgan fingerprint density at radius 2 is 1.78 bits per heavy atom. The molecule has 18 heavy (non-hydrogen) atoms. The number of hydrogen-bond acceptors (Lipinski definition) is 3. The van der Waals surface area contributed by atoms with Crippen LogP contribution in [0.2, 0.25) is 0 Å². The van der Waals surface area contributed by atoms with Crippen LogP contribution in [0.1, 0.15) is 25.5 Å². The number of nitrogens with two attached hydrogens (primary N) is 1. The van der Waals surface area contributed by atoms with Gasteiger partial charge in [-0.15, -0.1) is 0 Å². The summed E-state index contributed by atoms with van der Waals surface area (Å²) >= 11 is 0. The molecule has 3 amide bonds. The fourth-order valence-corrected chi connectivity index (χ4v) is 1.53. The van der Waals surface area contributed by atoms with E-state index in [1.165, 1.54) is 12.1 Å². The van der Waals surface area contributed by atoms with Crippen molar-refractivity contribution in [1.82, 2.24) is 10.6 Å². The largest absolute Gasteiger partial charge is 0.351 e. The summed E-state index contributed by atoms with van der Waals surface area (Å²) in [7, 11) is 0. The molecule has 0 saturated carbocycles. The second-order valence-electron chi connectivity index (χ2n) is 4.02. The smallest absolute Gasteiger partial charge is 0.318 e. The summed E-state index contributed by atoms with van der Waals surface area (Å²) in [5, 5.41) is 4.96. The molecule has 0 fully saturated rings. The van der Waals surface area contributed by atoms with Crippen LogP contribution in [-0.2, 0) is 4.79 Å². The van der Waals surface area contributed by atoms with Gasteiger partial charge in [0, 0.05) is 6.04 Å². The first-order valence-corrected chi connectivity index (χ1v) is 5.52. The molecule has 0 saturated heterocycles. The third-order valence-corrected chi connectivity index (χ3v) is 2.51. The molecule has 1 rings (SSSR count). The van der Waals surface area contributed by atoms with Gasteiger partial charge in [0.25, 0.3) is 0 Å². The van der Waals surface area contributed by atoms with Crippen LogP contribution in [-0.4, -0.2) is 18.0 Å². The Morgan fingerprint density at radius 3 is 2.28 bits per heavy atom. The van der Waals surface area contributed by atoms with Crippen LogP contribution in [0.4, 0.5) is 9.18 Å². The number of carbonyl (C=O) groups is 2. The number of urea groups is 1. The number of benzene rings is 1. The molecule has 0 aromatic heterocycles. The Labute approximate surface area is 105 Å². The lowest BCUT2D eigenvalue weighted by molar-refractivity contribution is -0.121. The normalized spacial score (nSPS) is 13.7. The van der Waals surface area contributed by atoms with Crippen LogP contribution in [0, 0.1) is 5.82 Å². The van der Waals surface area contributed by atoms with Gasteiger partial charge in [-0.1, -0.05) is 12.1 Å². The standard InChI is InChI=1S/C12H16FN3O2/c1-7(9-3-5-10(13)6-4-9)15-8(2)11(17)16-12(14)18/h3-8,15H,1-2H3,(H3,14,16,17,18)/t7-,8?/m0/s1. The van der Waals surface area contributed by atoms with Crippen molar-refractivity contribution in [2.24, 2.45) is 5.73 Å². The minimum Gasteiger partial charge on any atom is -0.351 e. The molecule has 0 aliphatic heterocycles. The van der Waals surface area contributed by atoms with Crippen molar-refractivity contribution in [2.75, 3.05) is 0 Å². The quantitative estimate of drug-likeness (QED) is 0.750. The molecule has 5 nitrogen and oxygen atoms in total. The van der Waals surface area contributed by atoms with Crippen molar-refractivity contribution >= 4 is 11.9 Å². The Morgan fingerprint density at radius 1 is 1.22 bits per heavy atom. The number of imide groups is 1. The summed E-state index contributed by atoms with van der Waals surface area (Å²) in [6.07, 6.45) is 0. The van der Waals surface area contributed by atoms with Crippen molar-refractivity contribution < 1.29 is 14.0 Å². The van der Waals surface area contributed by atoms with Gasteiger partial charge < -0.3 is 5.73 Å². The van der Waals surface area contributed by atoms with E-state index in [2.05, 4.69) is 5.32 Å². The van der Waals surface area contributed by atoms with Gasteiger partial charge in [-0.3, -0.25) is 15.4 Å². The SMILES string of the molecule is CC(N[C@@H](C)c1ccc(F)cc1)C(=O)NC(N)=O. The molecule has 0 radical (unpaired) electrons. The Balaban J connectivity index is 2.58. The monoisotopic (exact) mass is 253 g/mol. The second-order valence-corrected chi connectivity index (χ2v) is 4.02. The van der Waals surface area contributed by atoms with E-state index in [1.807, 2.05) is 12.2 Å². The fraction of sp³-hybridized carbons (Fsp3) is 0.333. The molecule has 1 aromatic carbocycles. The lowest BCUT2D eigenvalue weighted by Gasteiger charge is -2.19. The van der Waals surface area contributed by atoms with Gasteiger partial charge in [0.1, 0.15) is 5.82 Å². The zero-order valence-corrected chi connectivity index (χ0v) is 10.2. The van der Waals surface area contributed by atoms with Crippen LogP contribution in [0.15, 0.2) is 24.3 Å². The summed E-state index contributed by atoms with van der Waals surface area (Å²) in [5.74, 6) is -0.818. The summed E-state index contributed by atoms with van der Waals surface area (Å²) < 4.78 is 12.7. The number of rotatable bonds is 4. The average Bonchev–Trinajstić information content (AvgIpc) is 2.28. The number of amides is 3. The molecule has 98 valence electrons. The van der Waals surface area contributed by atoms with Crippen molar-refractivity contribution in [1.29, 1.82) is 0 Å². The van der Waals surface area contributed by atoms with Gasteiger partial charge in [0.2, 0.25) is 5.91 Å². The second kappa shape index (κ2) is 6.11. The van der Waals surface area contributed by atoms with Crippen LogP contribution in [0.3, 0.4) is 0 Å². The molecule has 1 aromatic rings. The molecule has 4 N–H and O–H groups in total. The van der Waals surface area contributed by atoms with Gasteiger partial charge in [0.05, 0.1) is 6.04 Å². The Hall–Kier alpha value is -1.95. The van der Waals surface area contributed by atoms with E-state index < -0.39 is 18.0 Å². The van der Waals surface area contributed by atoms with Crippen molar-refractivity contribution in [3.8, 4) is 0 Å². The molecule has 1 unspecified atom stereocenters. The molecular weight excluding hydrogens is 237 g/mol. The highest BCUT2D eigenvalue weighted by Crippen LogP contribution is 2.13. The first-order chi connectivity index (χ1) is 8.40. The minimum absolute atomic E-state index is 0.153. The highest BCUT2D eigenvalue weighted by atomic mass is 19.1. The van der Waals surface area contributed by atoms with Crippen molar-refractivity contribution in [3.05, 3.63) is 35.6 Å². The van der Waals surface area contributed by atoms with E-state index in [1.54, 1.807) is 19.1 Å². The van der Waals surface area contributed by atoms with Crippen LogP contribution < -0.4 is 16.4 Å². The molecule has 6 heteroatoms. The number of hydrogen-bond donors (Lipinski definition) is 3. The minimum atomic E-state index is -0.886. The fourth-order valence-electron chi connectivity index (χ4n) is 1.53. The summed E-state index contributed by atoms with van der Waals surface area (Å²) in [5.41, 5.74) is 5.69. The summed E-state index contributed by atoms with van der Waals surface area (Å²) in [6, 6.07) is 4.33. The van der Waals surface area contributed by atoms with Crippen molar-refractivity contribution in [3.63, 3.8) is 0 Å². The molecule has 0 spiro atoms. The van der Waals surface area contributed by atoms with Crippen molar-refractivity contribution in [2.45, 2.75) is 25.9 Å². The number of nitrogens with one attached hydrogen (secondary N) is 2. The maximum Gasteiger partial charge on any atom is 0.318 e. The molecule has 0 aliphatic carbocycles. The highest BCUT2D eigenvalue weighted by Gasteiger charge is 2.17. The lowest BCUT2D eigenvalue weighted by Crippen LogP contribution is -2.47. The predicted molar refractivity (Wildman–Crippen MR) is 65.1 cm³/mol. The first kappa shape index (κ1) is 14.1. The number of carbonyl (C=O) groups excluding carboxylic acids is 2. The van der Waals surface area contributed by atoms with Gasteiger partial charge in [0.15, 0.2) is 0 Å². The maximum absolute atomic E-state index is 12.7. The van der Waals surface area contributed by atoms with Crippen LogP contribution in [0.25, 0.3) is 0 Å². The number of halogens is 1. The topological polar surface area (TPSA) is 84.2 Å². The highest BCUT2D eigenvalue weighted by molar-refractivity contribution is 5.96. The zero-order chi connectivity index (χ0) is 13.7. The van der Waals surface area contributed by atoms with E-state index in [4.69, 9.17) is 5.73 Å². The van der Waals surface area contributed by atoms with Gasteiger partial charge >= 0.3 is 6.03 Å². The summed E-state index contributed by atoms with van der Waals surface area (Å²) in [6.45, 7) is 3.44. The number of primary amides is 1. The van der Waals surface area contributed by atoms with E-state index in [9.17, 15) is 14.0 Å². The van der Waals surface area contributed by atoms with Gasteiger partial charge in [-0.05, 0) is 31.5 Å². The third-order valence-electron chi connectivity index (χ3n) is 2.51. The Bertz CT molecular complexity index is 433. The van der Waals surface area contributed by atoms with Gasteiger partial charge in [-0.25, -0.2) is 9.18 Å². The molecule has 0 aliphatic rings. The van der Waals surface area contributed by atoms with E-state index in [-0.39, 0.29) is 11.9 Å². The van der Waals surface area contributed by atoms with E-state index in [0.29, 0.717) is 0 Å². The molecule has 0 heterocycles. The lowest BCUT2D eigenvalue weighted by atomic mass is 10.1. The van der Waals surface area contributed by atoms with Crippen LogP contribution in [0.5, 0.6) is 0 Å². The first-order valence-electron chi connectivity index (χ1n) is 5.52. The maximum atomic E-state index is 12.7. The molecule has 0 bridgehead atoms. The zero-order valence-electron chi connectivity index (χ0n) is 10.2. The average molecular weight is 253 g/mol. The predicted octanol–water partition coefficient (Wildman–Crippen LogP) is 1.06. The van der Waals surface area contributed by atoms with Gasteiger partial charge in [-0.2, -0.15) is 0 Å². The summed E-state index contributed by atoms with van der Waals surface area (Å²) in [4.78, 5) is 22.0. The van der Waals surface area contributed by atoms with Crippen LogP contribution >= 0.6 is 0 Å². The molecule has 2 atom stereocenters. The van der Waals surface area contributed by atoms with E-state index >= 15 is 0 Å². The molecular formula is C12H16FN3O2.